The summed E-state index contributed by atoms with van der Waals surface area (Å²) in [5, 5.41) is 0. The second kappa shape index (κ2) is 6.70. The first-order chi connectivity index (χ1) is 9.33. The van der Waals surface area contributed by atoms with Gasteiger partial charge in [0.1, 0.15) is 0 Å². The van der Waals surface area contributed by atoms with Crippen molar-refractivity contribution in [3.05, 3.63) is 42.2 Å². The van der Waals surface area contributed by atoms with Gasteiger partial charge in [-0.15, -0.1) is 0 Å². The van der Waals surface area contributed by atoms with Crippen molar-refractivity contribution in [1.82, 2.24) is 9.97 Å². The molecule has 0 fully saturated rings. The minimum atomic E-state index is 0.274. The molecule has 100 valence electrons. The third kappa shape index (κ3) is 3.66. The van der Waals surface area contributed by atoms with Gasteiger partial charge in [0.25, 0.3) is 0 Å². The van der Waals surface area contributed by atoms with Crippen LogP contribution in [0.15, 0.2) is 36.5 Å². The molecule has 2 rings (SSSR count). The van der Waals surface area contributed by atoms with Gasteiger partial charge in [-0.05, 0) is 24.6 Å². The third-order valence-corrected chi connectivity index (χ3v) is 2.41. The quantitative estimate of drug-likeness (QED) is 0.863. The molecule has 0 aliphatic heterocycles. The summed E-state index contributed by atoms with van der Waals surface area (Å²) < 4.78 is 11.3. The van der Waals surface area contributed by atoms with Gasteiger partial charge in [0.15, 0.2) is 11.5 Å². The maximum Gasteiger partial charge on any atom is 0.322 e. The Hall–Kier alpha value is -2.14. The Balaban J connectivity index is 2.17. The molecule has 0 amide bonds. The maximum atomic E-state index is 5.65. The lowest BCUT2D eigenvalue weighted by Crippen LogP contribution is -2.02. The zero-order valence-electron chi connectivity index (χ0n) is 10.9. The van der Waals surface area contributed by atoms with Crippen molar-refractivity contribution >= 4 is 0 Å². The van der Waals surface area contributed by atoms with Gasteiger partial charge >= 0.3 is 6.01 Å². The van der Waals surface area contributed by atoms with Crippen LogP contribution in [0.2, 0.25) is 0 Å². The third-order valence-electron chi connectivity index (χ3n) is 2.41. The minimum Gasteiger partial charge on any atom is -0.490 e. The lowest BCUT2D eigenvalue weighted by Gasteiger charge is -2.10. The fourth-order valence-corrected chi connectivity index (χ4v) is 1.50. The molecule has 5 heteroatoms. The minimum absolute atomic E-state index is 0.274. The van der Waals surface area contributed by atoms with Crippen LogP contribution in [0.4, 0.5) is 0 Å². The highest BCUT2D eigenvalue weighted by Gasteiger charge is 2.07. The van der Waals surface area contributed by atoms with Crippen molar-refractivity contribution in [3.63, 3.8) is 0 Å². The van der Waals surface area contributed by atoms with Gasteiger partial charge in [0.05, 0.1) is 12.3 Å². The predicted octanol–water partition coefficient (Wildman–Crippen LogP) is 2.52. The van der Waals surface area contributed by atoms with E-state index >= 15 is 0 Å². The molecular formula is C14H17N3O2. The fourth-order valence-electron chi connectivity index (χ4n) is 1.50. The molecule has 1 heterocycles. The molecule has 0 unspecified atom stereocenters. The largest absolute Gasteiger partial charge is 0.490 e. The van der Waals surface area contributed by atoms with E-state index < -0.39 is 0 Å². The number of hydrogen-bond acceptors (Lipinski definition) is 5. The second-order valence-corrected chi connectivity index (χ2v) is 3.93. The Morgan fingerprint density at radius 2 is 1.95 bits per heavy atom. The van der Waals surface area contributed by atoms with Gasteiger partial charge in [0, 0.05) is 12.7 Å². The van der Waals surface area contributed by atoms with E-state index in [9.17, 15) is 0 Å². The number of rotatable bonds is 6. The second-order valence-electron chi connectivity index (χ2n) is 3.93. The predicted molar refractivity (Wildman–Crippen MR) is 72.2 cm³/mol. The molecule has 5 nitrogen and oxygen atoms in total. The summed E-state index contributed by atoms with van der Waals surface area (Å²) >= 11 is 0. The zero-order chi connectivity index (χ0) is 13.5. The van der Waals surface area contributed by atoms with E-state index in [-0.39, 0.29) is 6.01 Å². The number of para-hydroxylation sites is 2. The molecule has 0 atom stereocenters. The monoisotopic (exact) mass is 259 g/mol. The Labute approximate surface area is 112 Å². The smallest absolute Gasteiger partial charge is 0.322 e. The highest BCUT2D eigenvalue weighted by molar-refractivity contribution is 5.40. The molecular weight excluding hydrogens is 242 g/mol. The molecule has 1 aromatic carbocycles. The Bertz CT molecular complexity index is 532. The highest BCUT2D eigenvalue weighted by Crippen LogP contribution is 2.29. The van der Waals surface area contributed by atoms with E-state index in [4.69, 9.17) is 15.2 Å². The van der Waals surface area contributed by atoms with Crippen molar-refractivity contribution in [2.45, 2.75) is 19.9 Å². The number of benzene rings is 1. The molecule has 2 N–H and O–H groups in total. The number of ether oxygens (including phenoxy) is 2. The first kappa shape index (κ1) is 13.3. The zero-order valence-corrected chi connectivity index (χ0v) is 10.9. The molecule has 0 aliphatic rings. The lowest BCUT2D eigenvalue weighted by molar-refractivity contribution is 0.299. The van der Waals surface area contributed by atoms with Crippen LogP contribution in [0.5, 0.6) is 17.5 Å². The van der Waals surface area contributed by atoms with Crippen LogP contribution in [-0.4, -0.2) is 16.6 Å². The van der Waals surface area contributed by atoms with Gasteiger partial charge in [-0.25, -0.2) is 4.98 Å². The van der Waals surface area contributed by atoms with E-state index in [1.54, 1.807) is 12.3 Å². The fraction of sp³-hybridized carbons (Fsp3) is 0.286. The maximum absolute atomic E-state index is 5.65. The highest BCUT2D eigenvalue weighted by atomic mass is 16.5. The normalized spacial score (nSPS) is 10.2. The summed E-state index contributed by atoms with van der Waals surface area (Å²) in [5.74, 6) is 1.29. The molecule has 0 spiro atoms. The van der Waals surface area contributed by atoms with E-state index in [0.717, 1.165) is 12.1 Å². The topological polar surface area (TPSA) is 70.3 Å². The number of aromatic nitrogens is 2. The van der Waals surface area contributed by atoms with E-state index in [1.807, 2.05) is 24.3 Å². The van der Waals surface area contributed by atoms with Gasteiger partial charge in [-0.3, -0.25) is 0 Å². The summed E-state index contributed by atoms with van der Waals surface area (Å²) in [5.41, 5.74) is 6.27. The standard InChI is InChI=1S/C14H17N3O2/c1-2-9-18-12-5-3-4-6-13(12)19-14-16-8-7-11(10-15)17-14/h3-8H,2,9-10,15H2,1H3. The first-order valence-corrected chi connectivity index (χ1v) is 6.25. The van der Waals surface area contributed by atoms with E-state index in [2.05, 4.69) is 16.9 Å². The first-order valence-electron chi connectivity index (χ1n) is 6.25. The number of hydrogen-bond donors (Lipinski definition) is 1. The van der Waals surface area contributed by atoms with Gasteiger partial charge in [0.2, 0.25) is 0 Å². The number of nitrogens with two attached hydrogens (primary N) is 1. The van der Waals surface area contributed by atoms with Crippen LogP contribution in [0.25, 0.3) is 0 Å². The SMILES string of the molecule is CCCOc1ccccc1Oc1nccc(CN)n1. The molecule has 1 aromatic heterocycles. The van der Waals surface area contributed by atoms with Gasteiger partial charge < -0.3 is 15.2 Å². The number of nitrogens with zero attached hydrogens (tertiary/aromatic N) is 2. The molecule has 0 saturated carbocycles. The van der Waals surface area contributed by atoms with Crippen molar-refractivity contribution in [1.29, 1.82) is 0 Å². The molecule has 0 radical (unpaired) electrons. The van der Waals surface area contributed by atoms with E-state index in [1.165, 1.54) is 0 Å². The Morgan fingerprint density at radius 1 is 1.16 bits per heavy atom. The average Bonchev–Trinajstić information content (AvgIpc) is 2.46. The molecule has 0 saturated heterocycles. The van der Waals surface area contributed by atoms with Gasteiger partial charge in [-0.2, -0.15) is 4.98 Å². The van der Waals surface area contributed by atoms with Gasteiger partial charge in [-0.1, -0.05) is 19.1 Å². The van der Waals surface area contributed by atoms with Crippen molar-refractivity contribution in [2.75, 3.05) is 6.61 Å². The van der Waals surface area contributed by atoms with Crippen molar-refractivity contribution in [2.24, 2.45) is 5.73 Å². The van der Waals surface area contributed by atoms with Crippen LogP contribution in [0.1, 0.15) is 19.0 Å². The van der Waals surface area contributed by atoms with E-state index in [0.29, 0.717) is 24.7 Å². The van der Waals surface area contributed by atoms with Crippen LogP contribution >= 0.6 is 0 Å². The summed E-state index contributed by atoms with van der Waals surface area (Å²) in [6, 6.07) is 9.49. The van der Waals surface area contributed by atoms with Crippen LogP contribution in [0, 0.1) is 0 Å². The van der Waals surface area contributed by atoms with Crippen LogP contribution in [0.3, 0.4) is 0 Å². The summed E-state index contributed by atoms with van der Waals surface area (Å²) in [7, 11) is 0. The molecule has 19 heavy (non-hydrogen) atoms. The molecule has 0 aliphatic carbocycles. The Kier molecular flexibility index (Phi) is 4.69. The summed E-state index contributed by atoms with van der Waals surface area (Å²) in [6.07, 6.45) is 2.56. The lowest BCUT2D eigenvalue weighted by atomic mass is 10.3. The average molecular weight is 259 g/mol. The van der Waals surface area contributed by atoms with Crippen molar-refractivity contribution < 1.29 is 9.47 Å². The Morgan fingerprint density at radius 3 is 2.68 bits per heavy atom. The van der Waals surface area contributed by atoms with Crippen LogP contribution < -0.4 is 15.2 Å². The van der Waals surface area contributed by atoms with Crippen LogP contribution in [-0.2, 0) is 6.54 Å². The molecule has 2 aromatic rings. The summed E-state index contributed by atoms with van der Waals surface area (Å²) in [4.78, 5) is 8.25. The summed E-state index contributed by atoms with van der Waals surface area (Å²) in [6.45, 7) is 3.05. The molecule has 0 bridgehead atoms. The van der Waals surface area contributed by atoms with Crippen molar-refractivity contribution in [3.8, 4) is 17.5 Å².